The van der Waals surface area contributed by atoms with E-state index in [0.29, 0.717) is 0 Å². The Morgan fingerprint density at radius 2 is 1.25 bits per heavy atom. The van der Waals surface area contributed by atoms with E-state index in [1.54, 1.807) is 0 Å². The SMILES string of the molecule is C1CC[NH2+]C1.[Cl-].[Cl-].[NH4+]. The van der Waals surface area contributed by atoms with Gasteiger partial charge in [-0.05, 0) is 0 Å². The van der Waals surface area contributed by atoms with Gasteiger partial charge in [-0.15, -0.1) is 0 Å². The van der Waals surface area contributed by atoms with Crippen molar-refractivity contribution in [3.63, 3.8) is 0 Å². The Hall–Kier alpha value is 0.500. The summed E-state index contributed by atoms with van der Waals surface area (Å²) < 4.78 is 0. The molecule has 54 valence electrons. The molecule has 0 aliphatic carbocycles. The maximum Gasteiger partial charge on any atom is 0.0757 e. The monoisotopic (exact) mass is 160 g/mol. The molecule has 8 heavy (non-hydrogen) atoms. The summed E-state index contributed by atoms with van der Waals surface area (Å²) >= 11 is 0. The lowest BCUT2D eigenvalue weighted by atomic mass is 10.4. The number of halogens is 2. The summed E-state index contributed by atoms with van der Waals surface area (Å²) in [7, 11) is 0. The van der Waals surface area contributed by atoms with Crippen molar-refractivity contribution < 1.29 is 30.1 Å². The standard InChI is InChI=1S/C4H9N.2ClH.H3N/c1-2-4-5-3-1;;;/h5H,1-4H2;2*1H;1H3. The second kappa shape index (κ2) is 10.5. The highest BCUT2D eigenvalue weighted by atomic mass is 35.5. The van der Waals surface area contributed by atoms with Gasteiger partial charge in [-0.1, -0.05) is 0 Å². The maximum atomic E-state index is 2.36. The first-order valence-electron chi connectivity index (χ1n) is 2.32. The zero-order valence-corrected chi connectivity index (χ0v) is 6.67. The van der Waals surface area contributed by atoms with Gasteiger partial charge in [0, 0.05) is 12.8 Å². The summed E-state index contributed by atoms with van der Waals surface area (Å²) in [5.41, 5.74) is 0. The highest BCUT2D eigenvalue weighted by molar-refractivity contribution is 4.37. The molecule has 0 aromatic carbocycles. The quantitative estimate of drug-likeness (QED) is 0.355. The Morgan fingerprint density at radius 3 is 1.38 bits per heavy atom. The number of quaternary nitrogens is 2. The van der Waals surface area contributed by atoms with Crippen LogP contribution in [0.15, 0.2) is 0 Å². The summed E-state index contributed by atoms with van der Waals surface area (Å²) in [5.74, 6) is 0. The molecule has 1 aliphatic rings. The molecule has 0 aromatic rings. The highest BCUT2D eigenvalue weighted by Gasteiger charge is 1.97. The number of rotatable bonds is 0. The van der Waals surface area contributed by atoms with Crippen LogP contribution in [0.4, 0.5) is 0 Å². The summed E-state index contributed by atoms with van der Waals surface area (Å²) in [4.78, 5) is 0. The molecule has 0 atom stereocenters. The molecule has 0 spiro atoms. The van der Waals surface area contributed by atoms with Crippen molar-refractivity contribution >= 4 is 0 Å². The molecular formula is C4H14Cl2N2. The van der Waals surface area contributed by atoms with Crippen LogP contribution in [0, 0.1) is 0 Å². The largest absolute Gasteiger partial charge is 1.00 e. The van der Waals surface area contributed by atoms with E-state index < -0.39 is 0 Å². The molecule has 1 heterocycles. The third-order valence-electron chi connectivity index (χ3n) is 1.07. The molecule has 0 amide bonds. The second-order valence-electron chi connectivity index (χ2n) is 1.57. The molecule has 1 saturated heterocycles. The predicted octanol–water partition coefficient (Wildman–Crippen LogP) is -6.27. The average Bonchev–Trinajstić information content (AvgIpc) is 1.76. The van der Waals surface area contributed by atoms with Gasteiger partial charge in [-0.25, -0.2) is 0 Å². The molecule has 6 N–H and O–H groups in total. The summed E-state index contributed by atoms with van der Waals surface area (Å²) in [6, 6.07) is 0. The topological polar surface area (TPSA) is 53.1 Å². The minimum absolute atomic E-state index is 0. The van der Waals surface area contributed by atoms with E-state index in [0.717, 1.165) is 0 Å². The Bertz CT molecular complexity index is 23.6. The van der Waals surface area contributed by atoms with Crippen LogP contribution < -0.4 is 36.3 Å². The minimum Gasteiger partial charge on any atom is -1.00 e. The van der Waals surface area contributed by atoms with Crippen molar-refractivity contribution in [2.24, 2.45) is 0 Å². The van der Waals surface area contributed by atoms with Gasteiger partial charge < -0.3 is 36.3 Å². The molecule has 0 unspecified atom stereocenters. The van der Waals surface area contributed by atoms with Crippen LogP contribution in [-0.4, -0.2) is 13.1 Å². The fraction of sp³-hybridized carbons (Fsp3) is 1.00. The fourth-order valence-electron chi connectivity index (χ4n) is 0.722. The van der Waals surface area contributed by atoms with Crippen molar-refractivity contribution in [3.8, 4) is 0 Å². The normalized spacial score (nSPS) is 15.0. The van der Waals surface area contributed by atoms with E-state index in [4.69, 9.17) is 0 Å². The third kappa shape index (κ3) is 6.50. The van der Waals surface area contributed by atoms with Crippen LogP contribution in [-0.2, 0) is 0 Å². The lowest BCUT2D eigenvalue weighted by molar-refractivity contribution is -0.635. The van der Waals surface area contributed by atoms with Crippen molar-refractivity contribution in [2.45, 2.75) is 12.8 Å². The molecule has 0 bridgehead atoms. The average molecular weight is 161 g/mol. The predicted molar refractivity (Wildman–Crippen MR) is 26.9 cm³/mol. The Balaban J connectivity index is -0.0000000833. The van der Waals surface area contributed by atoms with Crippen LogP contribution in [0.1, 0.15) is 12.8 Å². The fourth-order valence-corrected chi connectivity index (χ4v) is 0.722. The van der Waals surface area contributed by atoms with Crippen molar-refractivity contribution in [3.05, 3.63) is 0 Å². The van der Waals surface area contributed by atoms with Crippen LogP contribution in [0.3, 0.4) is 0 Å². The molecular weight excluding hydrogens is 147 g/mol. The van der Waals surface area contributed by atoms with Crippen LogP contribution in [0.2, 0.25) is 0 Å². The van der Waals surface area contributed by atoms with Gasteiger partial charge in [0.25, 0.3) is 0 Å². The maximum absolute atomic E-state index is 2.36. The van der Waals surface area contributed by atoms with Crippen LogP contribution in [0.25, 0.3) is 0 Å². The molecule has 2 nitrogen and oxygen atoms in total. The Labute approximate surface area is 62.8 Å². The highest BCUT2D eigenvalue weighted by Crippen LogP contribution is 1.82. The molecule has 1 rings (SSSR count). The van der Waals surface area contributed by atoms with Crippen molar-refractivity contribution in [1.29, 1.82) is 0 Å². The smallest absolute Gasteiger partial charge is 0.0757 e. The van der Waals surface area contributed by atoms with E-state index in [2.05, 4.69) is 5.32 Å². The molecule has 0 saturated carbocycles. The summed E-state index contributed by atoms with van der Waals surface area (Å²) in [5, 5.41) is 2.36. The minimum atomic E-state index is 0. The van der Waals surface area contributed by atoms with E-state index in [-0.39, 0.29) is 31.0 Å². The van der Waals surface area contributed by atoms with Gasteiger partial charge in [-0.2, -0.15) is 0 Å². The van der Waals surface area contributed by atoms with Gasteiger partial charge >= 0.3 is 0 Å². The lowest BCUT2D eigenvalue weighted by Gasteiger charge is -1.73. The van der Waals surface area contributed by atoms with Gasteiger partial charge in [0.05, 0.1) is 13.1 Å². The van der Waals surface area contributed by atoms with Gasteiger partial charge in [0.15, 0.2) is 0 Å². The first kappa shape index (κ1) is 15.8. The Kier molecular flexibility index (Phi) is 20.7. The van der Waals surface area contributed by atoms with Crippen molar-refractivity contribution in [1.82, 2.24) is 6.15 Å². The van der Waals surface area contributed by atoms with Gasteiger partial charge in [0.1, 0.15) is 0 Å². The zero-order valence-electron chi connectivity index (χ0n) is 5.16. The third-order valence-corrected chi connectivity index (χ3v) is 1.07. The van der Waals surface area contributed by atoms with E-state index >= 15 is 0 Å². The molecule has 1 aliphatic heterocycles. The molecule has 0 radical (unpaired) electrons. The molecule has 1 fully saturated rings. The first-order chi connectivity index (χ1) is 2.50. The molecule has 0 aromatic heterocycles. The van der Waals surface area contributed by atoms with Crippen LogP contribution in [0.5, 0.6) is 0 Å². The van der Waals surface area contributed by atoms with E-state index in [1.807, 2.05) is 0 Å². The molecule has 4 heteroatoms. The second-order valence-corrected chi connectivity index (χ2v) is 1.57. The summed E-state index contributed by atoms with van der Waals surface area (Å²) in [6.45, 7) is 2.75. The van der Waals surface area contributed by atoms with E-state index in [9.17, 15) is 0 Å². The summed E-state index contributed by atoms with van der Waals surface area (Å²) in [6.07, 6.45) is 2.89. The van der Waals surface area contributed by atoms with E-state index in [1.165, 1.54) is 25.9 Å². The number of nitrogens with two attached hydrogens (primary N) is 1. The van der Waals surface area contributed by atoms with Gasteiger partial charge in [-0.3, -0.25) is 0 Å². The van der Waals surface area contributed by atoms with Crippen LogP contribution >= 0.6 is 0 Å². The number of hydrogen-bond acceptors (Lipinski definition) is 0. The van der Waals surface area contributed by atoms with Gasteiger partial charge in [0.2, 0.25) is 0 Å². The lowest BCUT2D eigenvalue weighted by Crippen LogP contribution is -3.00. The number of hydrogen-bond donors (Lipinski definition) is 2. The zero-order chi connectivity index (χ0) is 3.54. The Morgan fingerprint density at radius 1 is 0.875 bits per heavy atom. The first-order valence-corrected chi connectivity index (χ1v) is 2.32. The van der Waals surface area contributed by atoms with Crippen molar-refractivity contribution in [2.75, 3.05) is 13.1 Å².